The Hall–Kier alpha value is -1.84. The van der Waals surface area contributed by atoms with Crippen molar-refractivity contribution in [3.8, 4) is 0 Å². The van der Waals surface area contributed by atoms with E-state index in [1.54, 1.807) is 4.90 Å². The van der Waals surface area contributed by atoms with Crippen LogP contribution in [0, 0.1) is 0 Å². The highest BCUT2D eigenvalue weighted by molar-refractivity contribution is 5.87. The molecule has 0 spiro atoms. The normalized spacial score (nSPS) is 18.6. The van der Waals surface area contributed by atoms with Crippen LogP contribution in [-0.4, -0.2) is 35.0 Å². The number of Topliss-reactive ketones (excluding diaryl/α,β-unsaturated/α-hetero) is 1. The zero-order valence-corrected chi connectivity index (χ0v) is 14.4. The molecular formula is C19H27NO3. The van der Waals surface area contributed by atoms with Crippen LogP contribution in [0.5, 0.6) is 0 Å². The number of hydrogen-bond donors (Lipinski definition) is 0. The lowest BCUT2D eigenvalue weighted by atomic mass is 9.95. The number of hydrogen-bond acceptors (Lipinski definition) is 3. The van der Waals surface area contributed by atoms with Crippen molar-refractivity contribution >= 4 is 11.9 Å². The molecule has 0 aromatic heterocycles. The van der Waals surface area contributed by atoms with Crippen LogP contribution in [0.25, 0.3) is 0 Å². The SMILES string of the molecule is CC(C)(C)OC(=O)N1CCCC[C@H]1C(=O)CCc1ccccc1. The second-order valence-corrected chi connectivity index (χ2v) is 7.14. The van der Waals surface area contributed by atoms with Gasteiger partial charge in [0.1, 0.15) is 5.60 Å². The summed E-state index contributed by atoms with van der Waals surface area (Å²) in [5, 5.41) is 0. The number of rotatable bonds is 4. The summed E-state index contributed by atoms with van der Waals surface area (Å²) in [6.45, 7) is 6.15. The molecule has 1 heterocycles. The first kappa shape index (κ1) is 17.5. The first-order valence-corrected chi connectivity index (χ1v) is 8.43. The van der Waals surface area contributed by atoms with Crippen molar-refractivity contribution in [2.75, 3.05) is 6.54 Å². The number of nitrogens with zero attached hydrogens (tertiary/aromatic N) is 1. The average Bonchev–Trinajstić information content (AvgIpc) is 2.52. The minimum atomic E-state index is -0.536. The van der Waals surface area contributed by atoms with Gasteiger partial charge in [-0.3, -0.25) is 9.69 Å². The van der Waals surface area contributed by atoms with Gasteiger partial charge in [0.05, 0.1) is 6.04 Å². The molecule has 4 heteroatoms. The van der Waals surface area contributed by atoms with E-state index >= 15 is 0 Å². The van der Waals surface area contributed by atoms with E-state index in [0.29, 0.717) is 13.0 Å². The number of carbonyl (C=O) groups is 2. The summed E-state index contributed by atoms with van der Waals surface area (Å²) in [5.41, 5.74) is 0.618. The fourth-order valence-electron chi connectivity index (χ4n) is 2.88. The molecule has 0 bridgehead atoms. The summed E-state index contributed by atoms with van der Waals surface area (Å²) in [6, 6.07) is 9.65. The van der Waals surface area contributed by atoms with Crippen molar-refractivity contribution in [3.63, 3.8) is 0 Å². The van der Waals surface area contributed by atoms with Crippen molar-refractivity contribution in [1.82, 2.24) is 4.90 Å². The third kappa shape index (κ3) is 5.38. The first-order valence-electron chi connectivity index (χ1n) is 8.43. The summed E-state index contributed by atoms with van der Waals surface area (Å²) in [5.74, 6) is 0.138. The number of amides is 1. The van der Waals surface area contributed by atoms with Gasteiger partial charge in [-0.25, -0.2) is 4.79 Å². The molecule has 2 rings (SSSR count). The Morgan fingerprint density at radius 1 is 1.17 bits per heavy atom. The first-order chi connectivity index (χ1) is 10.9. The largest absolute Gasteiger partial charge is 0.444 e. The van der Waals surface area contributed by atoms with Gasteiger partial charge in [0.15, 0.2) is 5.78 Å². The van der Waals surface area contributed by atoms with Gasteiger partial charge in [0.2, 0.25) is 0 Å². The third-order valence-electron chi connectivity index (χ3n) is 4.01. The zero-order valence-electron chi connectivity index (χ0n) is 14.4. The van der Waals surface area contributed by atoms with Gasteiger partial charge in [-0.1, -0.05) is 30.3 Å². The van der Waals surface area contributed by atoms with Crippen molar-refractivity contribution in [2.45, 2.75) is 64.5 Å². The highest BCUT2D eigenvalue weighted by Crippen LogP contribution is 2.22. The molecule has 1 aliphatic rings. The van der Waals surface area contributed by atoms with E-state index < -0.39 is 5.60 Å². The highest BCUT2D eigenvalue weighted by Gasteiger charge is 2.34. The molecule has 1 atom stereocenters. The Balaban J connectivity index is 1.97. The van der Waals surface area contributed by atoms with Crippen LogP contribution >= 0.6 is 0 Å². The second kappa shape index (κ2) is 7.62. The maximum absolute atomic E-state index is 12.6. The summed E-state index contributed by atoms with van der Waals surface area (Å²) in [4.78, 5) is 26.6. The molecular weight excluding hydrogens is 290 g/mol. The van der Waals surface area contributed by atoms with Crippen LogP contribution in [0.2, 0.25) is 0 Å². The topological polar surface area (TPSA) is 46.6 Å². The monoisotopic (exact) mass is 317 g/mol. The van der Waals surface area contributed by atoms with E-state index in [1.807, 2.05) is 51.1 Å². The molecule has 1 amide bonds. The summed E-state index contributed by atoms with van der Waals surface area (Å²) >= 11 is 0. The number of carbonyl (C=O) groups excluding carboxylic acids is 2. The molecule has 126 valence electrons. The molecule has 0 unspecified atom stereocenters. The molecule has 1 fully saturated rings. The number of benzene rings is 1. The van der Waals surface area contributed by atoms with Crippen LogP contribution in [0.3, 0.4) is 0 Å². The average molecular weight is 317 g/mol. The third-order valence-corrected chi connectivity index (χ3v) is 4.01. The predicted molar refractivity (Wildman–Crippen MR) is 90.3 cm³/mol. The van der Waals surface area contributed by atoms with Gasteiger partial charge in [-0.05, 0) is 52.0 Å². The molecule has 23 heavy (non-hydrogen) atoms. The van der Waals surface area contributed by atoms with Gasteiger partial charge in [0.25, 0.3) is 0 Å². The molecule has 1 aromatic rings. The maximum atomic E-state index is 12.6. The van der Waals surface area contributed by atoms with Crippen molar-refractivity contribution in [2.24, 2.45) is 0 Å². The quantitative estimate of drug-likeness (QED) is 0.844. The van der Waals surface area contributed by atoms with Crippen LogP contribution in [-0.2, 0) is 16.0 Å². The lowest BCUT2D eigenvalue weighted by Crippen LogP contribution is -2.49. The van der Waals surface area contributed by atoms with Crippen LogP contribution in [0.4, 0.5) is 4.79 Å². The Kier molecular flexibility index (Phi) is 5.80. The van der Waals surface area contributed by atoms with E-state index in [1.165, 1.54) is 0 Å². The molecule has 1 aromatic carbocycles. The lowest BCUT2D eigenvalue weighted by molar-refractivity contribution is -0.125. The number of ether oxygens (including phenoxy) is 1. The van der Waals surface area contributed by atoms with E-state index in [9.17, 15) is 9.59 Å². The Bertz CT molecular complexity index is 533. The highest BCUT2D eigenvalue weighted by atomic mass is 16.6. The number of ketones is 1. The molecule has 0 radical (unpaired) electrons. The van der Waals surface area contributed by atoms with Gasteiger partial charge in [-0.2, -0.15) is 0 Å². The number of piperidine rings is 1. The van der Waals surface area contributed by atoms with E-state index in [0.717, 1.165) is 31.2 Å². The van der Waals surface area contributed by atoms with Crippen molar-refractivity contribution in [1.29, 1.82) is 0 Å². The molecule has 0 N–H and O–H groups in total. The smallest absolute Gasteiger partial charge is 0.410 e. The molecule has 1 saturated heterocycles. The summed E-state index contributed by atoms with van der Waals surface area (Å²) in [6.07, 6.45) is 3.48. The van der Waals surface area contributed by atoms with Gasteiger partial charge in [-0.15, -0.1) is 0 Å². The Morgan fingerprint density at radius 2 is 1.87 bits per heavy atom. The van der Waals surface area contributed by atoms with E-state index in [2.05, 4.69) is 0 Å². The fourth-order valence-corrected chi connectivity index (χ4v) is 2.88. The maximum Gasteiger partial charge on any atom is 0.410 e. The molecule has 4 nitrogen and oxygen atoms in total. The Labute approximate surface area is 138 Å². The van der Waals surface area contributed by atoms with Crippen LogP contribution in [0.1, 0.15) is 52.0 Å². The number of likely N-dealkylation sites (tertiary alicyclic amines) is 1. The van der Waals surface area contributed by atoms with Crippen molar-refractivity contribution < 1.29 is 14.3 Å². The minimum Gasteiger partial charge on any atom is -0.444 e. The lowest BCUT2D eigenvalue weighted by Gasteiger charge is -2.36. The van der Waals surface area contributed by atoms with E-state index in [-0.39, 0.29) is 17.9 Å². The minimum absolute atomic E-state index is 0.138. The van der Waals surface area contributed by atoms with Crippen LogP contribution < -0.4 is 0 Å². The summed E-state index contributed by atoms with van der Waals surface area (Å²) in [7, 11) is 0. The summed E-state index contributed by atoms with van der Waals surface area (Å²) < 4.78 is 5.46. The van der Waals surface area contributed by atoms with Gasteiger partial charge in [0, 0.05) is 13.0 Å². The zero-order chi connectivity index (χ0) is 16.9. The van der Waals surface area contributed by atoms with Crippen molar-refractivity contribution in [3.05, 3.63) is 35.9 Å². The van der Waals surface area contributed by atoms with E-state index in [4.69, 9.17) is 4.74 Å². The fraction of sp³-hybridized carbons (Fsp3) is 0.579. The predicted octanol–water partition coefficient (Wildman–Crippen LogP) is 3.98. The molecule has 0 aliphatic carbocycles. The van der Waals surface area contributed by atoms with Gasteiger partial charge < -0.3 is 4.74 Å². The molecule has 1 aliphatic heterocycles. The second-order valence-electron chi connectivity index (χ2n) is 7.14. The standard InChI is InChI=1S/C19H27NO3/c1-19(2,3)23-18(22)20-14-8-7-11-16(20)17(21)13-12-15-9-5-4-6-10-15/h4-6,9-10,16H,7-8,11-14H2,1-3H3/t16-/m0/s1. The molecule has 0 saturated carbocycles. The van der Waals surface area contributed by atoms with Crippen LogP contribution in [0.15, 0.2) is 30.3 Å². The Morgan fingerprint density at radius 3 is 2.52 bits per heavy atom. The van der Waals surface area contributed by atoms with Gasteiger partial charge >= 0.3 is 6.09 Å². The number of aryl methyl sites for hydroxylation is 1.